The predicted molar refractivity (Wildman–Crippen MR) is 103 cm³/mol. The topological polar surface area (TPSA) is 49.9 Å². The average molecular weight is 382 g/mol. The minimum Gasteiger partial charge on any atom is -0.378 e. The number of hydrogen-bond donors (Lipinski definition) is 0. The zero-order valence-electron chi connectivity index (χ0n) is 15.6. The summed E-state index contributed by atoms with van der Waals surface area (Å²) < 4.78 is 18.9. The van der Waals surface area contributed by atoms with Gasteiger partial charge in [-0.3, -0.25) is 9.59 Å². The molecule has 6 heteroatoms. The van der Waals surface area contributed by atoms with Gasteiger partial charge >= 0.3 is 0 Å². The highest BCUT2D eigenvalue weighted by atomic mass is 19.1. The molecule has 0 unspecified atom stereocenters. The second kappa shape index (κ2) is 8.10. The van der Waals surface area contributed by atoms with Crippen molar-refractivity contribution in [1.82, 2.24) is 9.80 Å². The van der Waals surface area contributed by atoms with Gasteiger partial charge in [-0.05, 0) is 48.2 Å². The Labute approximate surface area is 163 Å². The van der Waals surface area contributed by atoms with E-state index in [4.69, 9.17) is 4.74 Å². The van der Waals surface area contributed by atoms with Crippen molar-refractivity contribution in [1.29, 1.82) is 0 Å². The number of carbonyl (C=O) groups is 2. The van der Waals surface area contributed by atoms with Crippen LogP contribution in [0.5, 0.6) is 0 Å². The zero-order chi connectivity index (χ0) is 19.5. The Morgan fingerprint density at radius 3 is 2.43 bits per heavy atom. The van der Waals surface area contributed by atoms with E-state index in [0.29, 0.717) is 44.8 Å². The molecule has 5 nitrogen and oxygen atoms in total. The summed E-state index contributed by atoms with van der Waals surface area (Å²) in [5.74, 6) is -0.456. The number of nitrogens with zero attached hydrogens (tertiary/aromatic N) is 2. The lowest BCUT2D eigenvalue weighted by atomic mass is 10.0. The highest BCUT2D eigenvalue weighted by Crippen LogP contribution is 2.25. The summed E-state index contributed by atoms with van der Waals surface area (Å²) in [5.41, 5.74) is 2.01. The molecule has 0 N–H and O–H groups in total. The molecule has 2 saturated heterocycles. The van der Waals surface area contributed by atoms with Gasteiger partial charge in [0, 0.05) is 25.2 Å². The molecule has 2 aromatic carbocycles. The van der Waals surface area contributed by atoms with Gasteiger partial charge in [-0.15, -0.1) is 0 Å². The summed E-state index contributed by atoms with van der Waals surface area (Å²) in [5, 5.41) is 0. The van der Waals surface area contributed by atoms with Crippen LogP contribution in [0.25, 0.3) is 11.1 Å². The highest BCUT2D eigenvalue weighted by molar-refractivity contribution is 5.98. The molecule has 2 amide bonds. The van der Waals surface area contributed by atoms with Gasteiger partial charge in [0.05, 0.1) is 13.2 Å². The van der Waals surface area contributed by atoms with E-state index in [1.54, 1.807) is 34.1 Å². The molecule has 2 aliphatic heterocycles. The summed E-state index contributed by atoms with van der Waals surface area (Å²) in [6, 6.07) is 13.1. The predicted octanol–water partition coefficient (Wildman–Crippen LogP) is 2.96. The van der Waals surface area contributed by atoms with Crippen molar-refractivity contribution in [3.8, 4) is 11.1 Å². The average Bonchev–Trinajstić information content (AvgIpc) is 3.23. The number of carbonyl (C=O) groups excluding carboxylic acids is 2. The lowest BCUT2D eigenvalue weighted by Crippen LogP contribution is -2.51. The van der Waals surface area contributed by atoms with E-state index in [0.717, 1.165) is 17.5 Å². The van der Waals surface area contributed by atoms with Gasteiger partial charge in [-0.2, -0.15) is 0 Å². The molecule has 0 aliphatic carbocycles. The molecule has 146 valence electrons. The van der Waals surface area contributed by atoms with E-state index in [1.807, 2.05) is 12.1 Å². The van der Waals surface area contributed by atoms with E-state index >= 15 is 0 Å². The fraction of sp³-hybridized carbons (Fsp3) is 0.364. The van der Waals surface area contributed by atoms with Gasteiger partial charge in [0.2, 0.25) is 5.91 Å². The molecule has 0 aromatic heterocycles. The second-order valence-electron chi connectivity index (χ2n) is 7.19. The van der Waals surface area contributed by atoms with Crippen molar-refractivity contribution < 1.29 is 18.7 Å². The van der Waals surface area contributed by atoms with Crippen LogP contribution in [0.1, 0.15) is 23.2 Å². The van der Waals surface area contributed by atoms with Gasteiger partial charge in [0.1, 0.15) is 11.9 Å². The van der Waals surface area contributed by atoms with Gasteiger partial charge in [0.15, 0.2) is 0 Å². The molecular formula is C22H23FN2O3. The fourth-order valence-electron chi connectivity index (χ4n) is 3.93. The number of ether oxygens (including phenoxy) is 1. The van der Waals surface area contributed by atoms with Crippen LogP contribution >= 0.6 is 0 Å². The zero-order valence-corrected chi connectivity index (χ0v) is 15.6. The van der Waals surface area contributed by atoms with Crippen molar-refractivity contribution in [2.24, 2.45) is 0 Å². The van der Waals surface area contributed by atoms with Crippen molar-refractivity contribution >= 4 is 11.8 Å². The third-order valence-electron chi connectivity index (χ3n) is 5.39. The first-order chi connectivity index (χ1) is 13.6. The minimum absolute atomic E-state index is 0.00966. The number of morpholine rings is 1. The van der Waals surface area contributed by atoms with Gasteiger partial charge in [-0.25, -0.2) is 4.39 Å². The van der Waals surface area contributed by atoms with Crippen molar-refractivity contribution in [2.75, 3.05) is 32.8 Å². The van der Waals surface area contributed by atoms with E-state index in [1.165, 1.54) is 12.1 Å². The number of hydrogen-bond acceptors (Lipinski definition) is 3. The number of halogens is 1. The summed E-state index contributed by atoms with van der Waals surface area (Å²) in [6.07, 6.45) is 1.50. The van der Waals surface area contributed by atoms with Crippen LogP contribution in [0, 0.1) is 5.82 Å². The SMILES string of the molecule is O=C([C@@H]1CCCN1C(=O)c1cccc(-c2cccc(F)c2)c1)N1CCOCC1. The Hall–Kier alpha value is -2.73. The van der Waals surface area contributed by atoms with Crippen LogP contribution in [0.2, 0.25) is 0 Å². The van der Waals surface area contributed by atoms with Crippen molar-refractivity contribution in [2.45, 2.75) is 18.9 Å². The van der Waals surface area contributed by atoms with Crippen LogP contribution in [0.15, 0.2) is 48.5 Å². The maximum absolute atomic E-state index is 13.5. The molecule has 0 spiro atoms. The largest absolute Gasteiger partial charge is 0.378 e. The molecule has 0 bridgehead atoms. The Balaban J connectivity index is 1.55. The van der Waals surface area contributed by atoms with E-state index in [-0.39, 0.29) is 17.6 Å². The molecule has 28 heavy (non-hydrogen) atoms. The van der Waals surface area contributed by atoms with E-state index in [2.05, 4.69) is 0 Å². The van der Waals surface area contributed by atoms with Crippen LogP contribution in [-0.2, 0) is 9.53 Å². The highest BCUT2D eigenvalue weighted by Gasteiger charge is 2.37. The van der Waals surface area contributed by atoms with Crippen LogP contribution in [-0.4, -0.2) is 60.5 Å². The molecule has 1 atom stereocenters. The quantitative estimate of drug-likeness (QED) is 0.820. The second-order valence-corrected chi connectivity index (χ2v) is 7.19. The third kappa shape index (κ3) is 3.78. The van der Waals surface area contributed by atoms with E-state index in [9.17, 15) is 14.0 Å². The molecule has 0 radical (unpaired) electrons. The first-order valence-electron chi connectivity index (χ1n) is 9.67. The monoisotopic (exact) mass is 382 g/mol. The molecular weight excluding hydrogens is 359 g/mol. The molecule has 4 rings (SSSR count). The first kappa shape index (κ1) is 18.6. The molecule has 2 aromatic rings. The number of benzene rings is 2. The maximum atomic E-state index is 13.5. The van der Waals surface area contributed by atoms with Crippen LogP contribution in [0.3, 0.4) is 0 Å². The van der Waals surface area contributed by atoms with Crippen molar-refractivity contribution in [3.63, 3.8) is 0 Å². The van der Waals surface area contributed by atoms with Gasteiger partial charge in [0.25, 0.3) is 5.91 Å². The molecule has 2 fully saturated rings. The molecule has 2 aliphatic rings. The number of amides is 2. The maximum Gasteiger partial charge on any atom is 0.254 e. The fourth-order valence-corrected chi connectivity index (χ4v) is 3.93. The van der Waals surface area contributed by atoms with Gasteiger partial charge in [-0.1, -0.05) is 24.3 Å². The lowest BCUT2D eigenvalue weighted by Gasteiger charge is -2.32. The summed E-state index contributed by atoms with van der Waals surface area (Å²) in [7, 11) is 0. The Kier molecular flexibility index (Phi) is 5.39. The van der Waals surface area contributed by atoms with Gasteiger partial charge < -0.3 is 14.5 Å². The normalized spacial score (nSPS) is 19.7. The number of likely N-dealkylation sites (tertiary alicyclic amines) is 1. The summed E-state index contributed by atoms with van der Waals surface area (Å²) in [4.78, 5) is 29.5. The first-order valence-corrected chi connectivity index (χ1v) is 9.67. The molecule has 2 heterocycles. The summed E-state index contributed by atoms with van der Waals surface area (Å²) in [6.45, 7) is 2.81. The lowest BCUT2D eigenvalue weighted by molar-refractivity contribution is -0.139. The Morgan fingerprint density at radius 1 is 0.964 bits per heavy atom. The van der Waals surface area contributed by atoms with Crippen molar-refractivity contribution in [3.05, 3.63) is 59.9 Å². The minimum atomic E-state index is -0.413. The third-order valence-corrected chi connectivity index (χ3v) is 5.39. The van der Waals surface area contributed by atoms with E-state index < -0.39 is 6.04 Å². The van der Waals surface area contributed by atoms with Crippen LogP contribution in [0.4, 0.5) is 4.39 Å². The Bertz CT molecular complexity index is 880. The summed E-state index contributed by atoms with van der Waals surface area (Å²) >= 11 is 0. The van der Waals surface area contributed by atoms with Crippen LogP contribution < -0.4 is 0 Å². The molecule has 0 saturated carbocycles. The smallest absolute Gasteiger partial charge is 0.254 e. The Morgan fingerprint density at radius 2 is 1.68 bits per heavy atom. The number of rotatable bonds is 3. The standard InChI is InChI=1S/C22H23FN2O3/c23-19-7-2-5-17(15-19)16-4-1-6-18(14-16)21(26)25-9-3-8-20(25)22(27)24-10-12-28-13-11-24/h1-2,4-7,14-15,20H,3,8-13H2/t20-/m0/s1.